The minimum Gasteiger partial charge on any atom is -0.377 e. The summed E-state index contributed by atoms with van der Waals surface area (Å²) in [5, 5.41) is 0. The minimum absolute atomic E-state index is 0.0737. The molecular weight excluding hydrogens is 204 g/mol. The second-order valence-corrected chi connectivity index (χ2v) is 4.08. The molecule has 1 aliphatic heterocycles. The third kappa shape index (κ3) is 2.22. The lowest BCUT2D eigenvalue weighted by Gasteiger charge is -2.34. The van der Waals surface area contributed by atoms with Gasteiger partial charge in [0.15, 0.2) is 5.78 Å². The number of anilines is 1. The Hall–Kier alpha value is -1.42. The van der Waals surface area contributed by atoms with Crippen LogP contribution in [-0.4, -0.2) is 36.6 Å². The van der Waals surface area contributed by atoms with Crippen LogP contribution in [0.1, 0.15) is 24.2 Å². The number of carbonyl (C=O) groups is 1. The number of hydrogen-bond donors (Lipinski definition) is 0. The van der Waals surface area contributed by atoms with Gasteiger partial charge in [0.05, 0.1) is 19.3 Å². The van der Waals surface area contributed by atoms with Crippen molar-refractivity contribution in [3.63, 3.8) is 0 Å². The fourth-order valence-corrected chi connectivity index (χ4v) is 1.86. The number of nitrogens with zero attached hydrogens (tertiary/aromatic N) is 2. The molecular formula is C12H16N2O2. The van der Waals surface area contributed by atoms with Crippen molar-refractivity contribution in [2.24, 2.45) is 0 Å². The molecule has 2 heterocycles. The summed E-state index contributed by atoms with van der Waals surface area (Å²) in [5.41, 5.74) is 0.712. The summed E-state index contributed by atoms with van der Waals surface area (Å²) in [4.78, 5) is 17.8. The van der Waals surface area contributed by atoms with Gasteiger partial charge < -0.3 is 9.64 Å². The van der Waals surface area contributed by atoms with Crippen molar-refractivity contribution in [3.05, 3.63) is 23.9 Å². The average molecular weight is 220 g/mol. The van der Waals surface area contributed by atoms with Gasteiger partial charge in [0.1, 0.15) is 5.82 Å². The summed E-state index contributed by atoms with van der Waals surface area (Å²) in [7, 11) is 0. The van der Waals surface area contributed by atoms with Crippen molar-refractivity contribution in [3.8, 4) is 0 Å². The van der Waals surface area contributed by atoms with Gasteiger partial charge in [-0.25, -0.2) is 4.98 Å². The van der Waals surface area contributed by atoms with E-state index in [1.165, 1.54) is 0 Å². The molecule has 2 rings (SSSR count). The second-order valence-electron chi connectivity index (χ2n) is 4.08. The number of pyridine rings is 1. The van der Waals surface area contributed by atoms with Gasteiger partial charge in [-0.15, -0.1) is 0 Å². The van der Waals surface area contributed by atoms with Crippen molar-refractivity contribution in [2.45, 2.75) is 19.9 Å². The van der Waals surface area contributed by atoms with Crippen LogP contribution in [0.25, 0.3) is 0 Å². The number of carbonyl (C=O) groups excluding carboxylic acids is 1. The van der Waals surface area contributed by atoms with Crippen LogP contribution >= 0.6 is 0 Å². The maximum Gasteiger partial charge on any atom is 0.159 e. The zero-order valence-electron chi connectivity index (χ0n) is 9.64. The van der Waals surface area contributed by atoms with Gasteiger partial charge in [-0.3, -0.25) is 4.79 Å². The molecule has 1 saturated heterocycles. The summed E-state index contributed by atoms with van der Waals surface area (Å²) in [6.45, 7) is 5.93. The highest BCUT2D eigenvalue weighted by atomic mass is 16.5. The SMILES string of the molecule is CC(=O)c1ccnc(N2CCOCC2C)c1. The van der Waals surface area contributed by atoms with Crippen LogP contribution in [0, 0.1) is 0 Å². The fraction of sp³-hybridized carbons (Fsp3) is 0.500. The van der Waals surface area contributed by atoms with E-state index in [9.17, 15) is 4.79 Å². The van der Waals surface area contributed by atoms with E-state index in [0.29, 0.717) is 18.2 Å². The van der Waals surface area contributed by atoms with Crippen LogP contribution in [0.4, 0.5) is 5.82 Å². The molecule has 4 heteroatoms. The van der Waals surface area contributed by atoms with Crippen molar-refractivity contribution in [2.75, 3.05) is 24.7 Å². The normalized spacial score (nSPS) is 20.9. The Bertz CT molecular complexity index is 392. The first-order valence-corrected chi connectivity index (χ1v) is 5.50. The van der Waals surface area contributed by atoms with Crippen molar-refractivity contribution in [1.29, 1.82) is 0 Å². The van der Waals surface area contributed by atoms with E-state index in [-0.39, 0.29) is 5.78 Å². The molecule has 0 radical (unpaired) electrons. The van der Waals surface area contributed by atoms with Crippen LogP contribution in [0.15, 0.2) is 18.3 Å². The van der Waals surface area contributed by atoms with E-state index in [4.69, 9.17) is 4.74 Å². The topological polar surface area (TPSA) is 42.4 Å². The summed E-state index contributed by atoms with van der Waals surface area (Å²) < 4.78 is 5.37. The molecule has 1 atom stereocenters. The van der Waals surface area contributed by atoms with Crippen LogP contribution in [0.5, 0.6) is 0 Å². The third-order valence-corrected chi connectivity index (χ3v) is 2.81. The maximum atomic E-state index is 11.3. The Labute approximate surface area is 95.2 Å². The van der Waals surface area contributed by atoms with E-state index < -0.39 is 0 Å². The van der Waals surface area contributed by atoms with E-state index in [1.54, 1.807) is 19.2 Å². The second kappa shape index (κ2) is 4.61. The maximum absolute atomic E-state index is 11.3. The number of Topliss-reactive ketones (excluding diaryl/α,β-unsaturated/α-hetero) is 1. The molecule has 0 aliphatic carbocycles. The number of morpholine rings is 1. The molecule has 0 spiro atoms. The van der Waals surface area contributed by atoms with Crippen LogP contribution < -0.4 is 4.90 Å². The molecule has 4 nitrogen and oxygen atoms in total. The number of rotatable bonds is 2. The highest BCUT2D eigenvalue weighted by Crippen LogP contribution is 2.18. The fourth-order valence-electron chi connectivity index (χ4n) is 1.86. The van der Waals surface area contributed by atoms with E-state index >= 15 is 0 Å². The van der Waals surface area contributed by atoms with Crippen LogP contribution in [0.3, 0.4) is 0 Å². The molecule has 1 unspecified atom stereocenters. The molecule has 16 heavy (non-hydrogen) atoms. The lowest BCUT2D eigenvalue weighted by atomic mass is 10.1. The highest BCUT2D eigenvalue weighted by molar-refractivity contribution is 5.94. The Balaban J connectivity index is 2.25. The van der Waals surface area contributed by atoms with Crippen molar-refractivity contribution in [1.82, 2.24) is 4.98 Å². The van der Waals surface area contributed by atoms with Gasteiger partial charge in [-0.1, -0.05) is 0 Å². The number of aromatic nitrogens is 1. The molecule has 1 aromatic heterocycles. The molecule has 1 aliphatic rings. The lowest BCUT2D eigenvalue weighted by Crippen LogP contribution is -2.44. The zero-order chi connectivity index (χ0) is 11.5. The molecule has 0 aromatic carbocycles. The smallest absolute Gasteiger partial charge is 0.159 e. The van der Waals surface area contributed by atoms with Crippen LogP contribution in [0.2, 0.25) is 0 Å². The number of ether oxygens (including phenoxy) is 1. The first-order valence-electron chi connectivity index (χ1n) is 5.50. The molecule has 1 fully saturated rings. The monoisotopic (exact) mass is 220 g/mol. The summed E-state index contributed by atoms with van der Waals surface area (Å²) in [5.74, 6) is 0.938. The predicted octanol–water partition coefficient (Wildman–Crippen LogP) is 1.51. The zero-order valence-corrected chi connectivity index (χ0v) is 9.64. The minimum atomic E-state index is 0.0737. The highest BCUT2D eigenvalue weighted by Gasteiger charge is 2.20. The molecule has 0 amide bonds. The Kier molecular flexibility index (Phi) is 3.19. The molecule has 86 valence electrons. The summed E-state index contributed by atoms with van der Waals surface area (Å²) in [6.07, 6.45) is 1.69. The Morgan fingerprint density at radius 1 is 1.62 bits per heavy atom. The van der Waals surface area contributed by atoms with E-state index in [1.807, 2.05) is 6.07 Å². The standard InChI is InChI=1S/C12H16N2O2/c1-9-8-16-6-5-14(9)12-7-11(10(2)15)3-4-13-12/h3-4,7,9H,5-6,8H2,1-2H3. The molecule has 0 saturated carbocycles. The number of hydrogen-bond acceptors (Lipinski definition) is 4. The van der Waals surface area contributed by atoms with Crippen molar-refractivity contribution < 1.29 is 9.53 Å². The van der Waals surface area contributed by atoms with E-state index in [0.717, 1.165) is 19.0 Å². The van der Waals surface area contributed by atoms with Crippen LogP contribution in [-0.2, 0) is 4.74 Å². The Morgan fingerprint density at radius 2 is 2.44 bits per heavy atom. The van der Waals surface area contributed by atoms with Gasteiger partial charge in [0.25, 0.3) is 0 Å². The number of ketones is 1. The van der Waals surface area contributed by atoms with Gasteiger partial charge in [0, 0.05) is 18.3 Å². The van der Waals surface area contributed by atoms with E-state index in [2.05, 4.69) is 16.8 Å². The Morgan fingerprint density at radius 3 is 3.12 bits per heavy atom. The van der Waals surface area contributed by atoms with Gasteiger partial charge >= 0.3 is 0 Å². The van der Waals surface area contributed by atoms with Gasteiger partial charge in [0.2, 0.25) is 0 Å². The molecule has 1 aromatic rings. The first-order chi connectivity index (χ1) is 7.68. The van der Waals surface area contributed by atoms with Crippen molar-refractivity contribution >= 4 is 11.6 Å². The third-order valence-electron chi connectivity index (χ3n) is 2.81. The first kappa shape index (κ1) is 11.1. The summed E-state index contributed by atoms with van der Waals surface area (Å²) >= 11 is 0. The van der Waals surface area contributed by atoms with Gasteiger partial charge in [-0.05, 0) is 26.0 Å². The van der Waals surface area contributed by atoms with Gasteiger partial charge in [-0.2, -0.15) is 0 Å². The summed E-state index contributed by atoms with van der Waals surface area (Å²) in [6, 6.07) is 3.91. The quantitative estimate of drug-likeness (QED) is 0.708. The predicted molar refractivity (Wildman–Crippen MR) is 61.9 cm³/mol. The lowest BCUT2D eigenvalue weighted by molar-refractivity contribution is 0.0984. The largest absolute Gasteiger partial charge is 0.377 e. The average Bonchev–Trinajstić information content (AvgIpc) is 2.30. The molecule has 0 N–H and O–H groups in total. The molecule has 0 bridgehead atoms.